The van der Waals surface area contributed by atoms with E-state index in [-0.39, 0.29) is 11.1 Å². The smallest absolute Gasteiger partial charge is 0.142 e. The molecular formula is C14H12BrClFN. The van der Waals surface area contributed by atoms with Crippen molar-refractivity contribution in [3.05, 3.63) is 68.9 Å². The maximum atomic E-state index is 13.5. The van der Waals surface area contributed by atoms with Gasteiger partial charge in [0.25, 0.3) is 0 Å². The van der Waals surface area contributed by atoms with Crippen LogP contribution >= 0.6 is 27.5 Å². The summed E-state index contributed by atoms with van der Waals surface area (Å²) in [6.07, 6.45) is 0. The topological polar surface area (TPSA) is 12.0 Å². The monoisotopic (exact) mass is 327 g/mol. The van der Waals surface area contributed by atoms with Crippen molar-refractivity contribution in [2.45, 2.75) is 6.04 Å². The third kappa shape index (κ3) is 2.74. The van der Waals surface area contributed by atoms with E-state index in [0.29, 0.717) is 0 Å². The van der Waals surface area contributed by atoms with Crippen molar-refractivity contribution in [2.75, 3.05) is 7.05 Å². The average molecular weight is 329 g/mol. The maximum absolute atomic E-state index is 13.5. The standard InChI is InChI=1S/C14H12BrClFN/c1-18-14(9-5-7-10(15)8-6-9)11-3-2-4-12(17)13(11)16/h2-8,14,18H,1H3. The third-order valence-electron chi connectivity index (χ3n) is 2.78. The fourth-order valence-electron chi connectivity index (χ4n) is 1.90. The lowest BCUT2D eigenvalue weighted by molar-refractivity contribution is 0.617. The molecule has 0 aliphatic carbocycles. The molecule has 0 heterocycles. The molecule has 1 atom stereocenters. The predicted octanol–water partition coefficient (Wildman–Crippen LogP) is 4.55. The van der Waals surface area contributed by atoms with Gasteiger partial charge >= 0.3 is 0 Å². The second-order valence-corrected chi connectivity index (χ2v) is 5.21. The first kappa shape index (κ1) is 13.5. The molecule has 0 amide bonds. The van der Waals surface area contributed by atoms with Gasteiger partial charge in [-0.1, -0.05) is 51.8 Å². The Morgan fingerprint density at radius 1 is 1.17 bits per heavy atom. The quantitative estimate of drug-likeness (QED) is 0.871. The van der Waals surface area contributed by atoms with Gasteiger partial charge in [0.1, 0.15) is 5.82 Å². The van der Waals surface area contributed by atoms with Crippen LogP contribution in [-0.2, 0) is 0 Å². The summed E-state index contributed by atoms with van der Waals surface area (Å²) in [4.78, 5) is 0. The molecule has 4 heteroatoms. The molecule has 0 spiro atoms. The van der Waals surface area contributed by atoms with Gasteiger partial charge in [0, 0.05) is 4.47 Å². The van der Waals surface area contributed by atoms with Crippen LogP contribution in [-0.4, -0.2) is 7.05 Å². The van der Waals surface area contributed by atoms with Gasteiger partial charge in [0.05, 0.1) is 11.1 Å². The minimum atomic E-state index is -0.397. The van der Waals surface area contributed by atoms with Gasteiger partial charge in [-0.3, -0.25) is 0 Å². The van der Waals surface area contributed by atoms with Crippen LogP contribution in [0.4, 0.5) is 4.39 Å². The molecule has 2 aromatic carbocycles. The lowest BCUT2D eigenvalue weighted by Crippen LogP contribution is -2.18. The zero-order valence-corrected chi connectivity index (χ0v) is 12.1. The zero-order valence-electron chi connectivity index (χ0n) is 9.75. The Morgan fingerprint density at radius 3 is 2.44 bits per heavy atom. The van der Waals surface area contributed by atoms with Gasteiger partial charge in [-0.2, -0.15) is 0 Å². The normalized spacial score (nSPS) is 12.4. The van der Waals surface area contributed by atoms with E-state index in [0.717, 1.165) is 15.6 Å². The molecule has 1 N–H and O–H groups in total. The van der Waals surface area contributed by atoms with Crippen LogP contribution in [0.5, 0.6) is 0 Å². The number of halogens is 3. The summed E-state index contributed by atoms with van der Waals surface area (Å²) < 4.78 is 14.5. The first-order valence-electron chi connectivity index (χ1n) is 5.50. The molecule has 0 bridgehead atoms. The van der Waals surface area contributed by atoms with Crippen molar-refractivity contribution >= 4 is 27.5 Å². The Labute approximate surface area is 119 Å². The molecule has 0 aliphatic rings. The first-order valence-corrected chi connectivity index (χ1v) is 6.67. The van der Waals surface area contributed by atoms with Gasteiger partial charge in [0.2, 0.25) is 0 Å². The molecule has 1 unspecified atom stereocenters. The summed E-state index contributed by atoms with van der Waals surface area (Å²) in [6, 6.07) is 12.6. The van der Waals surface area contributed by atoms with Crippen molar-refractivity contribution in [3.8, 4) is 0 Å². The summed E-state index contributed by atoms with van der Waals surface area (Å²) in [7, 11) is 1.83. The fourth-order valence-corrected chi connectivity index (χ4v) is 2.40. The van der Waals surface area contributed by atoms with E-state index in [2.05, 4.69) is 21.2 Å². The molecule has 0 saturated heterocycles. The van der Waals surface area contributed by atoms with Crippen LogP contribution in [0, 0.1) is 5.82 Å². The predicted molar refractivity (Wildman–Crippen MR) is 76.5 cm³/mol. The van der Waals surface area contributed by atoms with E-state index >= 15 is 0 Å². The zero-order chi connectivity index (χ0) is 13.1. The highest BCUT2D eigenvalue weighted by Crippen LogP contribution is 2.30. The largest absolute Gasteiger partial charge is 0.309 e. The summed E-state index contributed by atoms with van der Waals surface area (Å²) in [5.74, 6) is -0.397. The summed E-state index contributed by atoms with van der Waals surface area (Å²) in [6.45, 7) is 0. The molecule has 18 heavy (non-hydrogen) atoms. The van der Waals surface area contributed by atoms with Gasteiger partial charge < -0.3 is 5.32 Å². The fraction of sp³-hybridized carbons (Fsp3) is 0.143. The Morgan fingerprint density at radius 2 is 1.83 bits per heavy atom. The number of rotatable bonds is 3. The van der Waals surface area contributed by atoms with E-state index < -0.39 is 5.82 Å². The number of hydrogen-bond donors (Lipinski definition) is 1. The molecule has 1 nitrogen and oxygen atoms in total. The molecular weight excluding hydrogens is 317 g/mol. The van der Waals surface area contributed by atoms with Crippen LogP contribution in [0.15, 0.2) is 46.9 Å². The summed E-state index contributed by atoms with van der Waals surface area (Å²) in [5, 5.41) is 3.32. The average Bonchev–Trinajstić information content (AvgIpc) is 2.37. The molecule has 0 radical (unpaired) electrons. The molecule has 0 aliphatic heterocycles. The molecule has 0 saturated carbocycles. The van der Waals surface area contributed by atoms with Crippen molar-refractivity contribution < 1.29 is 4.39 Å². The van der Waals surface area contributed by atoms with Gasteiger partial charge in [0.15, 0.2) is 0 Å². The highest BCUT2D eigenvalue weighted by atomic mass is 79.9. The lowest BCUT2D eigenvalue weighted by atomic mass is 9.99. The first-order chi connectivity index (χ1) is 8.63. The van der Waals surface area contributed by atoms with E-state index in [1.807, 2.05) is 37.4 Å². The molecule has 0 fully saturated rings. The van der Waals surface area contributed by atoms with E-state index in [4.69, 9.17) is 11.6 Å². The molecule has 0 aromatic heterocycles. The Balaban J connectivity index is 2.45. The van der Waals surface area contributed by atoms with Crippen LogP contribution in [0.2, 0.25) is 5.02 Å². The molecule has 2 aromatic rings. The third-order valence-corrected chi connectivity index (χ3v) is 3.71. The lowest BCUT2D eigenvalue weighted by Gasteiger charge is -2.18. The summed E-state index contributed by atoms with van der Waals surface area (Å²) in [5.41, 5.74) is 1.77. The van der Waals surface area contributed by atoms with Crippen molar-refractivity contribution in [2.24, 2.45) is 0 Å². The molecule has 94 valence electrons. The van der Waals surface area contributed by atoms with Crippen LogP contribution in [0.3, 0.4) is 0 Å². The highest BCUT2D eigenvalue weighted by molar-refractivity contribution is 9.10. The van der Waals surface area contributed by atoms with E-state index in [9.17, 15) is 4.39 Å². The van der Waals surface area contributed by atoms with Crippen molar-refractivity contribution in [1.29, 1.82) is 0 Å². The second kappa shape index (κ2) is 5.83. The number of benzene rings is 2. The van der Waals surface area contributed by atoms with Gasteiger partial charge in [-0.25, -0.2) is 4.39 Å². The van der Waals surface area contributed by atoms with Crippen LogP contribution in [0.1, 0.15) is 17.2 Å². The number of hydrogen-bond acceptors (Lipinski definition) is 1. The minimum Gasteiger partial charge on any atom is -0.309 e. The minimum absolute atomic E-state index is 0.124. The highest BCUT2D eigenvalue weighted by Gasteiger charge is 2.16. The Bertz CT molecular complexity index is 542. The van der Waals surface area contributed by atoms with Crippen molar-refractivity contribution in [3.63, 3.8) is 0 Å². The Kier molecular flexibility index (Phi) is 4.38. The van der Waals surface area contributed by atoms with Gasteiger partial charge in [-0.15, -0.1) is 0 Å². The Hall–Kier alpha value is -0.900. The van der Waals surface area contributed by atoms with E-state index in [1.165, 1.54) is 6.07 Å². The van der Waals surface area contributed by atoms with Crippen LogP contribution in [0.25, 0.3) is 0 Å². The molecule has 2 rings (SSSR count). The maximum Gasteiger partial charge on any atom is 0.142 e. The van der Waals surface area contributed by atoms with Crippen molar-refractivity contribution in [1.82, 2.24) is 5.32 Å². The second-order valence-electron chi connectivity index (χ2n) is 3.92. The van der Waals surface area contributed by atoms with E-state index in [1.54, 1.807) is 6.07 Å². The van der Waals surface area contributed by atoms with Crippen LogP contribution < -0.4 is 5.32 Å². The number of nitrogens with one attached hydrogen (secondary N) is 1. The summed E-state index contributed by atoms with van der Waals surface area (Å²) >= 11 is 9.42. The van der Waals surface area contributed by atoms with Gasteiger partial charge in [-0.05, 0) is 36.4 Å². The SMILES string of the molecule is CNC(c1ccc(Br)cc1)c1cccc(F)c1Cl.